The second-order valence-corrected chi connectivity index (χ2v) is 8.89. The Morgan fingerprint density at radius 3 is 2.29 bits per heavy atom. The van der Waals surface area contributed by atoms with E-state index in [0.717, 1.165) is 30.6 Å². The fourth-order valence-electron chi connectivity index (χ4n) is 3.08. The smallest absolute Gasteiger partial charge is 0.243 e. The van der Waals surface area contributed by atoms with Gasteiger partial charge in [-0.3, -0.25) is 4.79 Å². The van der Waals surface area contributed by atoms with Crippen LogP contribution in [0.3, 0.4) is 0 Å². The molecular formula is C21H26N2O4S. The van der Waals surface area contributed by atoms with Gasteiger partial charge in [-0.15, -0.1) is 0 Å². The zero-order valence-electron chi connectivity index (χ0n) is 16.1. The van der Waals surface area contributed by atoms with Gasteiger partial charge in [0.05, 0.1) is 17.9 Å². The SMILES string of the molecule is Cc1ccc(OCCC(=O)Nc2ccc(S(=O)(=O)N3CCCCC3)cc2)cc1. The summed E-state index contributed by atoms with van der Waals surface area (Å²) in [4.78, 5) is 12.3. The molecule has 0 atom stereocenters. The van der Waals surface area contributed by atoms with Crippen molar-refractivity contribution >= 4 is 21.6 Å². The average molecular weight is 403 g/mol. The molecule has 0 aromatic heterocycles. The standard InChI is InChI=1S/C21H26N2O4S/c1-17-5-9-19(10-6-17)27-16-13-21(24)22-18-7-11-20(12-8-18)28(25,26)23-14-3-2-4-15-23/h5-12H,2-4,13-16H2,1H3,(H,22,24). The zero-order valence-corrected chi connectivity index (χ0v) is 16.9. The van der Waals surface area contributed by atoms with Crippen molar-refractivity contribution in [3.05, 3.63) is 54.1 Å². The first-order valence-corrected chi connectivity index (χ1v) is 11.0. The maximum absolute atomic E-state index is 12.6. The Hall–Kier alpha value is -2.38. The van der Waals surface area contributed by atoms with Crippen LogP contribution in [0.15, 0.2) is 53.4 Å². The van der Waals surface area contributed by atoms with E-state index in [1.165, 1.54) is 4.31 Å². The minimum absolute atomic E-state index is 0.182. The molecule has 7 heteroatoms. The number of ether oxygens (including phenoxy) is 1. The highest BCUT2D eigenvalue weighted by Gasteiger charge is 2.25. The van der Waals surface area contributed by atoms with E-state index in [4.69, 9.17) is 4.74 Å². The lowest BCUT2D eigenvalue weighted by Crippen LogP contribution is -2.35. The summed E-state index contributed by atoms with van der Waals surface area (Å²) in [5.41, 5.74) is 1.72. The zero-order chi connectivity index (χ0) is 20.0. The normalized spacial score (nSPS) is 15.2. The number of anilines is 1. The number of nitrogens with zero attached hydrogens (tertiary/aromatic N) is 1. The Balaban J connectivity index is 1.50. The Bertz CT molecular complexity index is 887. The maximum atomic E-state index is 12.6. The van der Waals surface area contributed by atoms with E-state index in [9.17, 15) is 13.2 Å². The first kappa shape index (κ1) is 20.4. The lowest BCUT2D eigenvalue weighted by molar-refractivity contribution is -0.116. The van der Waals surface area contributed by atoms with E-state index < -0.39 is 10.0 Å². The first-order chi connectivity index (χ1) is 13.4. The highest BCUT2D eigenvalue weighted by atomic mass is 32.2. The van der Waals surface area contributed by atoms with Crippen molar-refractivity contribution in [1.82, 2.24) is 4.31 Å². The molecule has 0 bridgehead atoms. The molecule has 1 heterocycles. The molecule has 0 saturated carbocycles. The van der Waals surface area contributed by atoms with Crippen molar-refractivity contribution in [2.45, 2.75) is 37.5 Å². The molecule has 3 rings (SSSR count). The second-order valence-electron chi connectivity index (χ2n) is 6.95. The molecule has 0 spiro atoms. The number of amides is 1. The average Bonchev–Trinajstić information content (AvgIpc) is 2.70. The van der Waals surface area contributed by atoms with Crippen molar-refractivity contribution in [2.24, 2.45) is 0 Å². The molecule has 0 unspecified atom stereocenters. The summed E-state index contributed by atoms with van der Waals surface area (Å²) in [6.07, 6.45) is 3.09. The van der Waals surface area contributed by atoms with Gasteiger partial charge in [-0.25, -0.2) is 8.42 Å². The minimum atomic E-state index is -3.45. The Morgan fingerprint density at radius 1 is 1.00 bits per heavy atom. The van der Waals surface area contributed by atoms with Crippen molar-refractivity contribution in [3.8, 4) is 5.75 Å². The fourth-order valence-corrected chi connectivity index (χ4v) is 4.60. The van der Waals surface area contributed by atoms with Gasteiger partial charge in [-0.1, -0.05) is 24.1 Å². The summed E-state index contributed by atoms with van der Waals surface area (Å²) in [5.74, 6) is 0.546. The van der Waals surface area contributed by atoms with Gasteiger partial charge < -0.3 is 10.1 Å². The lowest BCUT2D eigenvalue weighted by atomic mass is 10.2. The number of rotatable bonds is 7. The molecule has 1 N–H and O–H groups in total. The number of carbonyl (C=O) groups excluding carboxylic acids is 1. The number of carbonyl (C=O) groups is 1. The van der Waals surface area contributed by atoms with Crippen molar-refractivity contribution in [1.29, 1.82) is 0 Å². The minimum Gasteiger partial charge on any atom is -0.493 e. The van der Waals surface area contributed by atoms with Gasteiger partial charge in [0.25, 0.3) is 0 Å². The molecular weight excluding hydrogens is 376 g/mol. The van der Waals surface area contributed by atoms with Crippen LogP contribution in [0.1, 0.15) is 31.2 Å². The van der Waals surface area contributed by atoms with Gasteiger partial charge in [0.15, 0.2) is 0 Å². The molecule has 0 aliphatic carbocycles. The summed E-state index contributed by atoms with van der Waals surface area (Å²) >= 11 is 0. The summed E-state index contributed by atoms with van der Waals surface area (Å²) in [7, 11) is -3.45. The van der Waals surface area contributed by atoms with Crippen LogP contribution in [0.4, 0.5) is 5.69 Å². The van der Waals surface area contributed by atoms with Gasteiger partial charge in [-0.2, -0.15) is 4.31 Å². The number of benzene rings is 2. The highest BCUT2D eigenvalue weighted by Crippen LogP contribution is 2.22. The van der Waals surface area contributed by atoms with Gasteiger partial charge >= 0.3 is 0 Å². The molecule has 1 fully saturated rings. The molecule has 6 nitrogen and oxygen atoms in total. The predicted molar refractivity (Wildman–Crippen MR) is 109 cm³/mol. The van der Waals surface area contributed by atoms with Crippen molar-refractivity contribution < 1.29 is 17.9 Å². The van der Waals surface area contributed by atoms with Crippen LogP contribution in [-0.2, 0) is 14.8 Å². The van der Waals surface area contributed by atoms with E-state index in [0.29, 0.717) is 18.8 Å². The van der Waals surface area contributed by atoms with Crippen LogP contribution in [0.25, 0.3) is 0 Å². The van der Waals surface area contributed by atoms with Gasteiger partial charge in [-0.05, 0) is 56.2 Å². The summed E-state index contributed by atoms with van der Waals surface area (Å²) in [6.45, 7) is 3.42. The van der Waals surface area contributed by atoms with E-state index in [2.05, 4.69) is 5.32 Å². The number of hydrogen-bond acceptors (Lipinski definition) is 4. The third-order valence-corrected chi connectivity index (χ3v) is 6.62. The van der Waals surface area contributed by atoms with E-state index in [-0.39, 0.29) is 23.8 Å². The first-order valence-electron chi connectivity index (χ1n) is 9.55. The Morgan fingerprint density at radius 2 is 1.64 bits per heavy atom. The lowest BCUT2D eigenvalue weighted by Gasteiger charge is -2.25. The van der Waals surface area contributed by atoms with Crippen molar-refractivity contribution in [2.75, 3.05) is 25.0 Å². The van der Waals surface area contributed by atoms with Gasteiger partial charge in [0.2, 0.25) is 15.9 Å². The summed E-state index contributed by atoms with van der Waals surface area (Å²) < 4.78 is 32.4. The molecule has 1 saturated heterocycles. The van der Waals surface area contributed by atoms with Crippen LogP contribution < -0.4 is 10.1 Å². The molecule has 2 aromatic rings. The fraction of sp³-hybridized carbons (Fsp3) is 0.381. The second kappa shape index (κ2) is 9.21. The van der Waals surface area contributed by atoms with Crippen LogP contribution in [0.2, 0.25) is 0 Å². The Kier molecular flexibility index (Phi) is 6.70. The molecule has 2 aromatic carbocycles. The number of nitrogens with one attached hydrogen (secondary N) is 1. The van der Waals surface area contributed by atoms with Crippen LogP contribution >= 0.6 is 0 Å². The third-order valence-electron chi connectivity index (χ3n) is 4.71. The number of piperidine rings is 1. The summed E-state index contributed by atoms with van der Waals surface area (Å²) in [5, 5.41) is 2.77. The third kappa shape index (κ3) is 5.33. The highest BCUT2D eigenvalue weighted by molar-refractivity contribution is 7.89. The quantitative estimate of drug-likeness (QED) is 0.768. The van der Waals surface area contributed by atoms with Crippen molar-refractivity contribution in [3.63, 3.8) is 0 Å². The van der Waals surface area contributed by atoms with E-state index in [1.54, 1.807) is 24.3 Å². The topological polar surface area (TPSA) is 75.7 Å². The molecule has 1 aliphatic heterocycles. The summed E-state index contributed by atoms with van der Waals surface area (Å²) in [6, 6.07) is 14.0. The Labute approximate surface area is 166 Å². The molecule has 1 aliphatic rings. The van der Waals surface area contributed by atoms with E-state index in [1.807, 2.05) is 31.2 Å². The molecule has 1 amide bonds. The largest absolute Gasteiger partial charge is 0.493 e. The van der Waals surface area contributed by atoms with Crippen LogP contribution in [0, 0.1) is 6.92 Å². The number of hydrogen-bond donors (Lipinski definition) is 1. The number of sulfonamides is 1. The van der Waals surface area contributed by atoms with Gasteiger partial charge in [0, 0.05) is 18.8 Å². The van der Waals surface area contributed by atoms with Crippen LogP contribution in [0.5, 0.6) is 5.75 Å². The maximum Gasteiger partial charge on any atom is 0.243 e. The van der Waals surface area contributed by atoms with E-state index >= 15 is 0 Å². The monoisotopic (exact) mass is 402 g/mol. The predicted octanol–water partition coefficient (Wildman–Crippen LogP) is 3.58. The molecule has 0 radical (unpaired) electrons. The molecule has 150 valence electrons. The van der Waals surface area contributed by atoms with Gasteiger partial charge in [0.1, 0.15) is 5.75 Å². The number of aryl methyl sites for hydroxylation is 1. The molecule has 28 heavy (non-hydrogen) atoms. The van der Waals surface area contributed by atoms with Crippen LogP contribution in [-0.4, -0.2) is 38.3 Å².